The monoisotopic (exact) mass is 347 g/mol. The zero-order valence-corrected chi connectivity index (χ0v) is 14.8. The van der Waals surface area contributed by atoms with Crippen LogP contribution in [0.5, 0.6) is 0 Å². The van der Waals surface area contributed by atoms with Crippen molar-refractivity contribution in [2.45, 2.75) is 25.9 Å². The number of hydrogen-bond acceptors (Lipinski definition) is 6. The first kappa shape index (κ1) is 16.2. The van der Waals surface area contributed by atoms with Gasteiger partial charge in [0, 0.05) is 43.0 Å². The Labute approximate surface area is 146 Å². The van der Waals surface area contributed by atoms with Crippen molar-refractivity contribution in [3.8, 4) is 0 Å². The molecule has 7 heteroatoms. The molecule has 2 aliphatic heterocycles. The summed E-state index contributed by atoms with van der Waals surface area (Å²) >= 11 is 1.86. The molecule has 2 aliphatic rings. The number of nitrogens with one attached hydrogen (secondary N) is 1. The highest BCUT2D eigenvalue weighted by Crippen LogP contribution is 2.34. The second-order valence-corrected chi connectivity index (χ2v) is 8.15. The van der Waals surface area contributed by atoms with E-state index in [-0.39, 0.29) is 5.41 Å². The summed E-state index contributed by atoms with van der Waals surface area (Å²) in [6, 6.07) is 4.39. The minimum absolute atomic E-state index is 0.246. The molecule has 1 atom stereocenters. The average Bonchev–Trinajstić information content (AvgIpc) is 3.22. The summed E-state index contributed by atoms with van der Waals surface area (Å²) in [5.74, 6) is 0. The standard InChI is InChI=1S/C17H25N5OS/c1-3-16(24-8-1)11-21-5-2-4-17(12-21)13-22(6-7-23-14-17)10-15-9-18-20-19-15/h1,3,8-9H,2,4-7,10-14H2,(H,18,19,20)/t17-/m1/s1. The van der Waals surface area contributed by atoms with E-state index in [1.165, 1.54) is 24.3 Å². The number of nitrogens with zero attached hydrogens (tertiary/aromatic N) is 4. The average molecular weight is 347 g/mol. The van der Waals surface area contributed by atoms with Crippen LogP contribution in [0.25, 0.3) is 0 Å². The maximum absolute atomic E-state index is 6.01. The fourth-order valence-electron chi connectivity index (χ4n) is 4.06. The lowest BCUT2D eigenvalue weighted by molar-refractivity contribution is 0.00272. The molecule has 0 unspecified atom stereocenters. The van der Waals surface area contributed by atoms with Gasteiger partial charge in [0.1, 0.15) is 0 Å². The Morgan fingerprint density at radius 3 is 2.96 bits per heavy atom. The van der Waals surface area contributed by atoms with Gasteiger partial charge in [-0.05, 0) is 30.8 Å². The molecule has 0 radical (unpaired) electrons. The van der Waals surface area contributed by atoms with Gasteiger partial charge in [-0.25, -0.2) is 0 Å². The number of aromatic nitrogens is 3. The topological polar surface area (TPSA) is 57.3 Å². The van der Waals surface area contributed by atoms with Crippen molar-refractivity contribution in [3.63, 3.8) is 0 Å². The molecule has 24 heavy (non-hydrogen) atoms. The van der Waals surface area contributed by atoms with Gasteiger partial charge < -0.3 is 4.74 Å². The molecule has 2 fully saturated rings. The summed E-state index contributed by atoms with van der Waals surface area (Å²) in [5, 5.41) is 13.0. The molecule has 2 aromatic rings. The smallest absolute Gasteiger partial charge is 0.0964 e. The van der Waals surface area contributed by atoms with E-state index in [0.29, 0.717) is 0 Å². The van der Waals surface area contributed by atoms with Gasteiger partial charge in [0.2, 0.25) is 0 Å². The maximum Gasteiger partial charge on any atom is 0.0964 e. The summed E-state index contributed by atoms with van der Waals surface area (Å²) < 4.78 is 6.01. The zero-order valence-electron chi connectivity index (χ0n) is 14.0. The van der Waals surface area contributed by atoms with Crippen LogP contribution in [-0.4, -0.2) is 64.6 Å². The molecule has 0 aliphatic carbocycles. The van der Waals surface area contributed by atoms with Gasteiger partial charge in [-0.15, -0.1) is 11.3 Å². The summed E-state index contributed by atoms with van der Waals surface area (Å²) in [6.07, 6.45) is 4.33. The molecule has 0 aromatic carbocycles. The minimum Gasteiger partial charge on any atom is -0.379 e. The van der Waals surface area contributed by atoms with E-state index in [0.717, 1.165) is 51.6 Å². The fourth-order valence-corrected chi connectivity index (χ4v) is 4.81. The van der Waals surface area contributed by atoms with E-state index in [1.54, 1.807) is 0 Å². The van der Waals surface area contributed by atoms with Gasteiger partial charge in [0.25, 0.3) is 0 Å². The Morgan fingerprint density at radius 2 is 2.17 bits per heavy atom. The Balaban J connectivity index is 1.43. The molecule has 4 heterocycles. The number of aromatic amines is 1. The van der Waals surface area contributed by atoms with Crippen molar-refractivity contribution in [2.75, 3.05) is 39.4 Å². The van der Waals surface area contributed by atoms with Gasteiger partial charge >= 0.3 is 0 Å². The molecule has 2 saturated heterocycles. The molecule has 1 N–H and O–H groups in total. The number of H-pyrrole nitrogens is 1. The van der Waals surface area contributed by atoms with E-state index >= 15 is 0 Å². The highest BCUT2D eigenvalue weighted by atomic mass is 32.1. The lowest BCUT2D eigenvalue weighted by Crippen LogP contribution is -2.50. The third kappa shape index (κ3) is 3.85. The predicted molar refractivity (Wildman–Crippen MR) is 93.7 cm³/mol. The first-order chi connectivity index (χ1) is 11.8. The van der Waals surface area contributed by atoms with E-state index in [4.69, 9.17) is 4.74 Å². The van der Waals surface area contributed by atoms with Crippen molar-refractivity contribution in [1.29, 1.82) is 0 Å². The van der Waals surface area contributed by atoms with Crippen LogP contribution in [0, 0.1) is 5.41 Å². The number of thiophene rings is 1. The van der Waals surface area contributed by atoms with Gasteiger partial charge in [-0.3, -0.25) is 9.80 Å². The SMILES string of the molecule is c1csc(CN2CCC[C@@]3(COCCN(Cc4cn[nH]n4)C3)C2)c1. The number of ether oxygens (including phenoxy) is 1. The first-order valence-corrected chi connectivity index (χ1v) is 9.59. The second kappa shape index (κ2) is 7.31. The lowest BCUT2D eigenvalue weighted by Gasteiger charge is -2.43. The maximum atomic E-state index is 6.01. The summed E-state index contributed by atoms with van der Waals surface area (Å²) in [4.78, 5) is 6.55. The number of rotatable bonds is 4. The fraction of sp³-hybridized carbons (Fsp3) is 0.647. The van der Waals surface area contributed by atoms with Crippen molar-refractivity contribution in [2.24, 2.45) is 5.41 Å². The lowest BCUT2D eigenvalue weighted by atomic mass is 9.80. The molecule has 130 valence electrons. The Kier molecular flexibility index (Phi) is 4.93. The highest BCUT2D eigenvalue weighted by Gasteiger charge is 2.38. The van der Waals surface area contributed by atoms with Crippen LogP contribution in [0.1, 0.15) is 23.4 Å². The summed E-state index contributed by atoms with van der Waals surface area (Å²) in [7, 11) is 0. The molecule has 0 saturated carbocycles. The molecular weight excluding hydrogens is 322 g/mol. The quantitative estimate of drug-likeness (QED) is 0.916. The van der Waals surface area contributed by atoms with Gasteiger partial charge in [-0.2, -0.15) is 15.4 Å². The van der Waals surface area contributed by atoms with Crippen molar-refractivity contribution in [1.82, 2.24) is 25.2 Å². The van der Waals surface area contributed by atoms with E-state index in [9.17, 15) is 0 Å². The minimum atomic E-state index is 0.246. The van der Waals surface area contributed by atoms with E-state index in [2.05, 4.69) is 42.7 Å². The van der Waals surface area contributed by atoms with Gasteiger partial charge in [0.15, 0.2) is 0 Å². The van der Waals surface area contributed by atoms with Crippen LogP contribution in [-0.2, 0) is 17.8 Å². The summed E-state index contributed by atoms with van der Waals surface area (Å²) in [6.45, 7) is 7.99. The molecule has 1 spiro atoms. The van der Waals surface area contributed by atoms with Crippen LogP contribution < -0.4 is 0 Å². The molecule has 4 rings (SSSR count). The van der Waals surface area contributed by atoms with E-state index < -0.39 is 0 Å². The normalized spacial score (nSPS) is 26.7. The Bertz CT molecular complexity index is 617. The van der Waals surface area contributed by atoms with Crippen LogP contribution in [0.2, 0.25) is 0 Å². The Morgan fingerprint density at radius 1 is 1.25 bits per heavy atom. The van der Waals surface area contributed by atoms with Crippen LogP contribution in [0.15, 0.2) is 23.7 Å². The molecule has 0 bridgehead atoms. The predicted octanol–water partition coefficient (Wildman–Crippen LogP) is 1.98. The van der Waals surface area contributed by atoms with Gasteiger partial charge in [-0.1, -0.05) is 6.07 Å². The second-order valence-electron chi connectivity index (χ2n) is 7.12. The molecule has 0 amide bonds. The van der Waals surface area contributed by atoms with Crippen molar-refractivity contribution < 1.29 is 4.74 Å². The van der Waals surface area contributed by atoms with Gasteiger partial charge in [0.05, 0.1) is 25.1 Å². The van der Waals surface area contributed by atoms with Crippen molar-refractivity contribution in [3.05, 3.63) is 34.3 Å². The largest absolute Gasteiger partial charge is 0.379 e. The summed E-state index contributed by atoms with van der Waals surface area (Å²) in [5.41, 5.74) is 1.26. The van der Waals surface area contributed by atoms with E-state index in [1.807, 2.05) is 17.5 Å². The van der Waals surface area contributed by atoms with Crippen LogP contribution in [0.4, 0.5) is 0 Å². The molecule has 6 nitrogen and oxygen atoms in total. The zero-order chi connectivity index (χ0) is 16.2. The van der Waals surface area contributed by atoms with Crippen LogP contribution >= 0.6 is 11.3 Å². The highest BCUT2D eigenvalue weighted by molar-refractivity contribution is 7.09. The Hall–Kier alpha value is -1.28. The third-order valence-corrected chi connectivity index (χ3v) is 5.93. The first-order valence-electron chi connectivity index (χ1n) is 8.71. The molecule has 2 aromatic heterocycles. The number of hydrogen-bond donors (Lipinski definition) is 1. The molecular formula is C17H25N5OS. The van der Waals surface area contributed by atoms with Crippen molar-refractivity contribution >= 4 is 11.3 Å². The third-order valence-electron chi connectivity index (χ3n) is 5.07. The number of piperidine rings is 1. The number of likely N-dealkylation sites (tertiary alicyclic amines) is 1. The van der Waals surface area contributed by atoms with Crippen LogP contribution in [0.3, 0.4) is 0 Å².